The lowest BCUT2D eigenvalue weighted by atomic mass is 10.4. The molecule has 0 fully saturated rings. The number of hydrogen-bond donors (Lipinski definition) is 0. The number of methoxy groups -OCH3 is 1. The number of nitrogens with zero attached hydrogens (tertiary/aromatic N) is 1. The van der Waals surface area contributed by atoms with Gasteiger partial charge in [0.25, 0.3) is 0 Å². The summed E-state index contributed by atoms with van der Waals surface area (Å²) in [5, 5.41) is 0. The van der Waals surface area contributed by atoms with Crippen LogP contribution in [0.1, 0.15) is 6.42 Å². The topological polar surface area (TPSA) is 80.8 Å². The van der Waals surface area contributed by atoms with Gasteiger partial charge in [-0.3, -0.25) is 9.59 Å². The molecule has 0 spiro atoms. The molecule has 7 heteroatoms. The molecule has 1 rings (SSSR count). The lowest BCUT2D eigenvalue weighted by Gasteiger charge is -2.15. The molecule has 0 saturated heterocycles. The number of carbonyl (C=O) groups is 2. The molecule has 0 aliphatic rings. The summed E-state index contributed by atoms with van der Waals surface area (Å²) in [6.07, 6.45) is -0.176. The minimum atomic E-state index is -3.49. The van der Waals surface area contributed by atoms with Crippen LogP contribution < -0.4 is 0 Å². The fourth-order valence-electron chi connectivity index (χ4n) is 1.50. The van der Waals surface area contributed by atoms with Crippen LogP contribution in [0.25, 0.3) is 0 Å². The normalized spacial score (nSPS) is 10.9. The number of amides is 1. The second kappa shape index (κ2) is 7.04. The van der Waals surface area contributed by atoms with Crippen molar-refractivity contribution in [3.05, 3.63) is 30.3 Å². The predicted molar refractivity (Wildman–Crippen MR) is 72.8 cm³/mol. The van der Waals surface area contributed by atoms with Gasteiger partial charge in [-0.2, -0.15) is 0 Å². The van der Waals surface area contributed by atoms with Gasteiger partial charge in [0, 0.05) is 13.5 Å². The molecule has 0 aliphatic heterocycles. The number of esters is 1. The third-order valence-corrected chi connectivity index (χ3v) is 4.44. The van der Waals surface area contributed by atoms with E-state index >= 15 is 0 Å². The molecule has 0 saturated carbocycles. The Morgan fingerprint density at radius 3 is 2.35 bits per heavy atom. The van der Waals surface area contributed by atoms with Crippen LogP contribution in [0, 0.1) is 0 Å². The van der Waals surface area contributed by atoms with E-state index in [0.717, 1.165) is 4.90 Å². The van der Waals surface area contributed by atoms with E-state index in [-0.39, 0.29) is 23.6 Å². The standard InChI is InChI=1S/C13H17NO5S/c1-14(10-13(16)19-2)12(15)8-9-20(17,18)11-6-4-3-5-7-11/h3-7H,8-10H2,1-2H3. The molecule has 0 aromatic heterocycles. The first-order valence-corrected chi connectivity index (χ1v) is 7.60. The van der Waals surface area contributed by atoms with Crippen molar-refractivity contribution in [2.24, 2.45) is 0 Å². The Hall–Kier alpha value is -1.89. The fraction of sp³-hybridized carbons (Fsp3) is 0.385. The predicted octanol–water partition coefficient (Wildman–Crippen LogP) is 0.482. The van der Waals surface area contributed by atoms with Gasteiger partial charge < -0.3 is 9.64 Å². The average Bonchev–Trinajstić information content (AvgIpc) is 2.45. The molecule has 0 aliphatic carbocycles. The van der Waals surface area contributed by atoms with E-state index < -0.39 is 21.7 Å². The Morgan fingerprint density at radius 2 is 1.80 bits per heavy atom. The lowest BCUT2D eigenvalue weighted by molar-refractivity contribution is -0.145. The summed E-state index contributed by atoms with van der Waals surface area (Å²) >= 11 is 0. The first kappa shape index (κ1) is 16.2. The molecule has 1 amide bonds. The zero-order valence-corrected chi connectivity index (χ0v) is 12.2. The molecule has 0 N–H and O–H groups in total. The van der Waals surface area contributed by atoms with Crippen LogP contribution in [-0.4, -0.2) is 51.6 Å². The molecule has 0 heterocycles. The second-order valence-electron chi connectivity index (χ2n) is 4.21. The van der Waals surface area contributed by atoms with E-state index in [1.54, 1.807) is 18.2 Å². The van der Waals surface area contributed by atoms with Crippen LogP contribution in [-0.2, 0) is 24.2 Å². The van der Waals surface area contributed by atoms with Crippen LogP contribution in [0.5, 0.6) is 0 Å². The van der Waals surface area contributed by atoms with Crippen molar-refractivity contribution in [1.82, 2.24) is 4.90 Å². The lowest BCUT2D eigenvalue weighted by Crippen LogP contribution is -2.33. The maximum atomic E-state index is 12.0. The van der Waals surface area contributed by atoms with E-state index in [0.29, 0.717) is 0 Å². The third kappa shape index (κ3) is 4.65. The Balaban J connectivity index is 2.59. The van der Waals surface area contributed by atoms with Gasteiger partial charge in [0.1, 0.15) is 6.54 Å². The molecular weight excluding hydrogens is 282 g/mol. The van der Waals surface area contributed by atoms with Crippen LogP contribution in [0.4, 0.5) is 0 Å². The van der Waals surface area contributed by atoms with Gasteiger partial charge in [0.15, 0.2) is 9.84 Å². The van der Waals surface area contributed by atoms with Crippen molar-refractivity contribution in [3.63, 3.8) is 0 Å². The number of ether oxygens (including phenoxy) is 1. The zero-order chi connectivity index (χ0) is 15.2. The summed E-state index contributed by atoms with van der Waals surface area (Å²) in [4.78, 5) is 24.1. The van der Waals surface area contributed by atoms with Crippen LogP contribution in [0.2, 0.25) is 0 Å². The summed E-state index contributed by atoms with van der Waals surface area (Å²) in [5.41, 5.74) is 0. The molecule has 1 aromatic rings. The average molecular weight is 299 g/mol. The van der Waals surface area contributed by atoms with Crippen molar-refractivity contribution in [2.45, 2.75) is 11.3 Å². The SMILES string of the molecule is COC(=O)CN(C)C(=O)CCS(=O)(=O)c1ccccc1. The molecule has 0 bridgehead atoms. The number of benzene rings is 1. The quantitative estimate of drug-likeness (QED) is 0.714. The van der Waals surface area contributed by atoms with Gasteiger partial charge in [-0.15, -0.1) is 0 Å². The molecule has 0 atom stereocenters. The first-order chi connectivity index (χ1) is 9.36. The number of carbonyl (C=O) groups excluding carboxylic acids is 2. The van der Waals surface area contributed by atoms with Crippen LogP contribution >= 0.6 is 0 Å². The van der Waals surface area contributed by atoms with Crippen molar-refractivity contribution in [2.75, 3.05) is 26.5 Å². The summed E-state index contributed by atoms with van der Waals surface area (Å²) in [5.74, 6) is -1.26. The van der Waals surface area contributed by atoms with Gasteiger partial charge in [-0.1, -0.05) is 18.2 Å². The van der Waals surface area contributed by atoms with Gasteiger partial charge in [0.05, 0.1) is 17.8 Å². The van der Waals surface area contributed by atoms with Gasteiger partial charge in [-0.05, 0) is 12.1 Å². The highest BCUT2D eigenvalue weighted by Gasteiger charge is 2.19. The number of hydrogen-bond acceptors (Lipinski definition) is 5. The van der Waals surface area contributed by atoms with E-state index in [1.807, 2.05) is 0 Å². The van der Waals surface area contributed by atoms with Gasteiger partial charge >= 0.3 is 5.97 Å². The highest BCUT2D eigenvalue weighted by Crippen LogP contribution is 2.11. The maximum Gasteiger partial charge on any atom is 0.325 e. The molecule has 6 nitrogen and oxygen atoms in total. The molecule has 20 heavy (non-hydrogen) atoms. The van der Waals surface area contributed by atoms with E-state index in [1.165, 1.54) is 26.3 Å². The summed E-state index contributed by atoms with van der Waals surface area (Å²) in [7, 11) is -0.839. The summed E-state index contributed by atoms with van der Waals surface area (Å²) in [6.45, 7) is -0.194. The highest BCUT2D eigenvalue weighted by molar-refractivity contribution is 7.91. The fourth-order valence-corrected chi connectivity index (χ4v) is 2.76. The maximum absolute atomic E-state index is 12.0. The second-order valence-corrected chi connectivity index (χ2v) is 6.32. The van der Waals surface area contributed by atoms with E-state index in [9.17, 15) is 18.0 Å². The van der Waals surface area contributed by atoms with E-state index in [2.05, 4.69) is 4.74 Å². The summed E-state index contributed by atoms with van der Waals surface area (Å²) < 4.78 is 28.4. The monoisotopic (exact) mass is 299 g/mol. The zero-order valence-electron chi connectivity index (χ0n) is 11.4. The molecule has 1 aromatic carbocycles. The largest absolute Gasteiger partial charge is 0.468 e. The molecular formula is C13H17NO5S. The first-order valence-electron chi connectivity index (χ1n) is 5.95. The minimum Gasteiger partial charge on any atom is -0.468 e. The third-order valence-electron chi connectivity index (χ3n) is 2.71. The Bertz CT molecular complexity index is 568. The molecule has 0 radical (unpaired) electrons. The minimum absolute atomic E-state index is 0.176. The van der Waals surface area contributed by atoms with Crippen molar-refractivity contribution >= 4 is 21.7 Å². The van der Waals surface area contributed by atoms with Crippen molar-refractivity contribution in [3.8, 4) is 0 Å². The Kier molecular flexibility index (Phi) is 5.69. The number of rotatable bonds is 6. The van der Waals surface area contributed by atoms with Crippen LogP contribution in [0.3, 0.4) is 0 Å². The van der Waals surface area contributed by atoms with Crippen molar-refractivity contribution < 1.29 is 22.7 Å². The Labute approximate surface area is 118 Å². The number of sulfone groups is 1. The van der Waals surface area contributed by atoms with Crippen molar-refractivity contribution in [1.29, 1.82) is 0 Å². The molecule has 110 valence electrons. The van der Waals surface area contributed by atoms with Crippen LogP contribution in [0.15, 0.2) is 35.2 Å². The smallest absolute Gasteiger partial charge is 0.325 e. The Morgan fingerprint density at radius 1 is 1.20 bits per heavy atom. The molecule has 0 unspecified atom stereocenters. The van der Waals surface area contributed by atoms with E-state index in [4.69, 9.17) is 0 Å². The van der Waals surface area contributed by atoms with Gasteiger partial charge in [0.2, 0.25) is 5.91 Å². The summed E-state index contributed by atoms with van der Waals surface area (Å²) in [6, 6.07) is 7.93. The number of likely N-dealkylation sites (N-methyl/N-ethyl adjacent to an activating group) is 1. The highest BCUT2D eigenvalue weighted by atomic mass is 32.2. The van der Waals surface area contributed by atoms with Gasteiger partial charge in [-0.25, -0.2) is 8.42 Å².